The maximum Gasteiger partial charge on any atom is 0.241 e. The van der Waals surface area contributed by atoms with E-state index in [0.29, 0.717) is 24.2 Å². The topological polar surface area (TPSA) is 69.0 Å². The molecule has 1 aliphatic heterocycles. The first-order valence-corrected chi connectivity index (χ1v) is 8.96. The second kappa shape index (κ2) is 8.25. The monoisotopic (exact) mass is 342 g/mol. The van der Waals surface area contributed by atoms with Crippen molar-refractivity contribution in [2.24, 2.45) is 11.8 Å². The lowest BCUT2D eigenvalue weighted by atomic mass is 9.87. The first kappa shape index (κ1) is 17.6. The smallest absolute Gasteiger partial charge is 0.241 e. The number of carbonyl (C=O) groups is 1. The molecule has 1 amide bonds. The highest BCUT2D eigenvalue weighted by atomic mass is 16.5. The molecule has 6 heteroatoms. The molecule has 0 bridgehead atoms. The number of ether oxygens (including phenoxy) is 1. The van der Waals surface area contributed by atoms with Crippen molar-refractivity contribution < 1.29 is 9.53 Å². The lowest BCUT2D eigenvalue weighted by Gasteiger charge is -2.34. The van der Waals surface area contributed by atoms with E-state index in [1.165, 1.54) is 0 Å². The van der Waals surface area contributed by atoms with Gasteiger partial charge in [0.15, 0.2) is 5.82 Å². The lowest BCUT2D eigenvalue weighted by Crippen LogP contribution is -2.42. The predicted octanol–water partition coefficient (Wildman–Crippen LogP) is 2.51. The average Bonchev–Trinajstić information content (AvgIpc) is 3.09. The van der Waals surface area contributed by atoms with Crippen LogP contribution in [-0.2, 0) is 16.1 Å². The Bertz CT molecular complexity index is 684. The highest BCUT2D eigenvalue weighted by molar-refractivity contribution is 5.75. The van der Waals surface area contributed by atoms with Crippen molar-refractivity contribution in [3.63, 3.8) is 0 Å². The van der Waals surface area contributed by atoms with Gasteiger partial charge in [-0.05, 0) is 18.8 Å². The van der Waals surface area contributed by atoms with E-state index in [1.54, 1.807) is 11.0 Å². The summed E-state index contributed by atoms with van der Waals surface area (Å²) in [5.41, 5.74) is 0.945. The number of hydrogen-bond acceptors (Lipinski definition) is 4. The summed E-state index contributed by atoms with van der Waals surface area (Å²) >= 11 is 0. The summed E-state index contributed by atoms with van der Waals surface area (Å²) in [6, 6.07) is 9.75. The molecule has 2 aromatic rings. The standard InChI is InChI=1S/C19H26N4O2/c1-14(2)18-16(9-6-10-25-18)11-20-17(24)12-23-13-21-19(22-23)15-7-4-3-5-8-15/h3-5,7-8,13-14,16,18H,6,9-12H2,1-2H3,(H,20,24)/t16-,18-/m1/s1. The van der Waals surface area contributed by atoms with Gasteiger partial charge in [-0.2, -0.15) is 5.10 Å². The summed E-state index contributed by atoms with van der Waals surface area (Å²) in [5.74, 6) is 1.44. The number of benzene rings is 1. The number of nitrogens with one attached hydrogen (secondary N) is 1. The summed E-state index contributed by atoms with van der Waals surface area (Å²) in [7, 11) is 0. The Morgan fingerprint density at radius 3 is 2.92 bits per heavy atom. The molecule has 2 atom stereocenters. The number of nitrogens with zero attached hydrogens (tertiary/aromatic N) is 3. The first-order chi connectivity index (χ1) is 12.1. The van der Waals surface area contributed by atoms with Crippen molar-refractivity contribution in [3.05, 3.63) is 36.7 Å². The van der Waals surface area contributed by atoms with E-state index >= 15 is 0 Å². The largest absolute Gasteiger partial charge is 0.378 e. The average molecular weight is 342 g/mol. The Balaban J connectivity index is 1.52. The van der Waals surface area contributed by atoms with Crippen LogP contribution in [0.4, 0.5) is 0 Å². The van der Waals surface area contributed by atoms with Gasteiger partial charge < -0.3 is 10.1 Å². The molecule has 2 heterocycles. The fourth-order valence-electron chi connectivity index (χ4n) is 3.36. The van der Waals surface area contributed by atoms with Crippen molar-refractivity contribution in [1.29, 1.82) is 0 Å². The minimum atomic E-state index is -0.0439. The van der Waals surface area contributed by atoms with Crippen LogP contribution in [-0.4, -0.2) is 39.9 Å². The van der Waals surface area contributed by atoms with Gasteiger partial charge in [0, 0.05) is 24.6 Å². The number of hydrogen-bond donors (Lipinski definition) is 1. The third-order valence-electron chi connectivity index (χ3n) is 4.59. The van der Waals surface area contributed by atoms with Crippen LogP contribution in [0.25, 0.3) is 11.4 Å². The van der Waals surface area contributed by atoms with Crippen LogP contribution in [0.1, 0.15) is 26.7 Å². The first-order valence-electron chi connectivity index (χ1n) is 8.96. The molecule has 1 aromatic carbocycles. The number of carbonyl (C=O) groups excluding carboxylic acids is 1. The molecule has 1 aromatic heterocycles. The molecule has 1 saturated heterocycles. The van der Waals surface area contributed by atoms with Crippen LogP contribution in [0.2, 0.25) is 0 Å². The molecule has 3 rings (SSSR count). The Hall–Kier alpha value is -2.21. The maximum absolute atomic E-state index is 12.2. The fraction of sp³-hybridized carbons (Fsp3) is 0.526. The van der Waals surface area contributed by atoms with Gasteiger partial charge >= 0.3 is 0 Å². The number of aromatic nitrogens is 3. The summed E-state index contributed by atoms with van der Waals surface area (Å²) < 4.78 is 7.45. The van der Waals surface area contributed by atoms with Gasteiger partial charge in [-0.25, -0.2) is 9.67 Å². The Labute approximate surface area is 148 Å². The summed E-state index contributed by atoms with van der Waals surface area (Å²) in [5, 5.41) is 7.41. The normalized spacial score (nSPS) is 20.6. The predicted molar refractivity (Wildman–Crippen MR) is 95.8 cm³/mol. The zero-order valence-corrected chi connectivity index (χ0v) is 14.9. The number of amides is 1. The fourth-order valence-corrected chi connectivity index (χ4v) is 3.36. The molecule has 0 unspecified atom stereocenters. The van der Waals surface area contributed by atoms with E-state index in [9.17, 15) is 4.79 Å². The van der Waals surface area contributed by atoms with E-state index in [0.717, 1.165) is 25.0 Å². The van der Waals surface area contributed by atoms with Crippen LogP contribution in [0.3, 0.4) is 0 Å². The lowest BCUT2D eigenvalue weighted by molar-refractivity contribution is -0.122. The minimum absolute atomic E-state index is 0.0439. The van der Waals surface area contributed by atoms with Crippen molar-refractivity contribution in [2.75, 3.05) is 13.2 Å². The van der Waals surface area contributed by atoms with Gasteiger partial charge in [-0.15, -0.1) is 0 Å². The zero-order chi connectivity index (χ0) is 17.6. The van der Waals surface area contributed by atoms with Crippen molar-refractivity contribution in [3.8, 4) is 11.4 Å². The van der Waals surface area contributed by atoms with Gasteiger partial charge in [-0.1, -0.05) is 44.2 Å². The van der Waals surface area contributed by atoms with E-state index in [-0.39, 0.29) is 18.6 Å². The summed E-state index contributed by atoms with van der Waals surface area (Å²) in [4.78, 5) is 16.5. The van der Waals surface area contributed by atoms with E-state index in [2.05, 4.69) is 29.2 Å². The molecule has 1 aliphatic rings. The van der Waals surface area contributed by atoms with Crippen molar-refractivity contribution in [1.82, 2.24) is 20.1 Å². The molecule has 1 fully saturated rings. The van der Waals surface area contributed by atoms with Crippen LogP contribution in [0, 0.1) is 11.8 Å². The third kappa shape index (κ3) is 4.66. The van der Waals surface area contributed by atoms with Crippen molar-refractivity contribution in [2.45, 2.75) is 39.3 Å². The number of rotatable bonds is 6. The molecule has 25 heavy (non-hydrogen) atoms. The van der Waals surface area contributed by atoms with Crippen LogP contribution in [0.15, 0.2) is 36.7 Å². The van der Waals surface area contributed by atoms with Crippen molar-refractivity contribution >= 4 is 5.91 Å². The maximum atomic E-state index is 12.2. The molecule has 0 aliphatic carbocycles. The molecule has 0 spiro atoms. The Kier molecular flexibility index (Phi) is 5.81. The molecule has 134 valence electrons. The van der Waals surface area contributed by atoms with Crippen LogP contribution >= 0.6 is 0 Å². The van der Waals surface area contributed by atoms with Gasteiger partial charge in [0.25, 0.3) is 0 Å². The van der Waals surface area contributed by atoms with Gasteiger partial charge in [0.2, 0.25) is 5.91 Å². The Morgan fingerprint density at radius 2 is 2.16 bits per heavy atom. The quantitative estimate of drug-likeness (QED) is 0.876. The second-order valence-corrected chi connectivity index (χ2v) is 6.92. The van der Waals surface area contributed by atoms with E-state index in [1.807, 2.05) is 30.3 Å². The van der Waals surface area contributed by atoms with Crippen LogP contribution < -0.4 is 5.32 Å². The van der Waals surface area contributed by atoms with E-state index in [4.69, 9.17) is 4.74 Å². The third-order valence-corrected chi connectivity index (χ3v) is 4.59. The van der Waals surface area contributed by atoms with Gasteiger partial charge in [0.05, 0.1) is 6.10 Å². The molecular weight excluding hydrogens is 316 g/mol. The summed E-state index contributed by atoms with van der Waals surface area (Å²) in [6.45, 7) is 6.01. The van der Waals surface area contributed by atoms with E-state index < -0.39 is 0 Å². The molecule has 0 saturated carbocycles. The SMILES string of the molecule is CC(C)[C@H]1OCCC[C@@H]1CNC(=O)Cn1cnc(-c2ccccc2)n1. The Morgan fingerprint density at radius 1 is 1.36 bits per heavy atom. The highest BCUT2D eigenvalue weighted by Gasteiger charge is 2.28. The molecule has 1 N–H and O–H groups in total. The van der Waals surface area contributed by atoms with Crippen LogP contribution in [0.5, 0.6) is 0 Å². The van der Waals surface area contributed by atoms with Gasteiger partial charge in [0.1, 0.15) is 12.9 Å². The molecule has 0 radical (unpaired) electrons. The second-order valence-electron chi connectivity index (χ2n) is 6.92. The highest BCUT2D eigenvalue weighted by Crippen LogP contribution is 2.25. The van der Waals surface area contributed by atoms with Gasteiger partial charge in [-0.3, -0.25) is 4.79 Å². The molecule has 6 nitrogen and oxygen atoms in total. The minimum Gasteiger partial charge on any atom is -0.378 e. The zero-order valence-electron chi connectivity index (χ0n) is 14.9. The summed E-state index contributed by atoms with van der Waals surface area (Å²) in [6.07, 6.45) is 3.99. The molecular formula is C19H26N4O2.